The Kier molecular flexibility index (Phi) is 6.96. The van der Waals surface area contributed by atoms with Crippen LogP contribution in [0.15, 0.2) is 47.3 Å². The van der Waals surface area contributed by atoms with E-state index >= 15 is 0 Å². The van der Waals surface area contributed by atoms with Crippen molar-refractivity contribution in [3.8, 4) is 0 Å². The van der Waals surface area contributed by atoms with Crippen LogP contribution in [0.2, 0.25) is 0 Å². The van der Waals surface area contributed by atoms with Gasteiger partial charge in [0.25, 0.3) is 5.56 Å². The number of hydrogen-bond donors (Lipinski definition) is 1. The molecular weight excluding hydrogens is 455 g/mol. The largest absolute Gasteiger partial charge is 0.322 e. The molecule has 188 valence electrons. The molecule has 1 aliphatic carbocycles. The van der Waals surface area contributed by atoms with Crippen LogP contribution in [-0.2, 0) is 13.1 Å². The monoisotopic (exact) mass is 488 g/mol. The zero-order valence-electron chi connectivity index (χ0n) is 21.2. The summed E-state index contributed by atoms with van der Waals surface area (Å²) in [5.74, 6) is 0.565. The van der Waals surface area contributed by atoms with Gasteiger partial charge in [0, 0.05) is 29.6 Å². The number of tetrazole rings is 1. The second-order valence-corrected chi connectivity index (χ2v) is 10.0. The van der Waals surface area contributed by atoms with E-state index < -0.39 is 0 Å². The van der Waals surface area contributed by atoms with E-state index in [1.807, 2.05) is 23.7 Å². The lowest BCUT2D eigenvalue weighted by Crippen LogP contribution is -2.32. The molecule has 0 aliphatic heterocycles. The van der Waals surface area contributed by atoms with Crippen molar-refractivity contribution in [1.82, 2.24) is 30.1 Å². The quantitative estimate of drug-likeness (QED) is 0.352. The van der Waals surface area contributed by atoms with Crippen molar-refractivity contribution in [2.24, 2.45) is 0 Å². The number of benzene rings is 2. The number of nitrogens with zero attached hydrogens (tertiary/aromatic N) is 5. The molecule has 0 saturated heterocycles. The van der Waals surface area contributed by atoms with Crippen molar-refractivity contribution in [1.29, 1.82) is 0 Å². The van der Waals surface area contributed by atoms with E-state index in [1.165, 1.54) is 25.0 Å². The van der Waals surface area contributed by atoms with Gasteiger partial charge in [-0.1, -0.05) is 38.0 Å². The van der Waals surface area contributed by atoms with Crippen LogP contribution in [0, 0.1) is 19.7 Å². The van der Waals surface area contributed by atoms with Crippen LogP contribution in [0.1, 0.15) is 79.2 Å². The number of aryl methyl sites for hydroxylation is 2. The van der Waals surface area contributed by atoms with Crippen LogP contribution >= 0.6 is 0 Å². The Bertz CT molecular complexity index is 1400. The van der Waals surface area contributed by atoms with E-state index in [1.54, 1.807) is 12.1 Å². The molecule has 2 aromatic carbocycles. The molecule has 2 heterocycles. The third kappa shape index (κ3) is 4.95. The molecule has 2 aromatic heterocycles. The minimum absolute atomic E-state index is 0.0955. The van der Waals surface area contributed by atoms with Gasteiger partial charge in [-0.3, -0.25) is 9.69 Å². The lowest BCUT2D eigenvalue weighted by molar-refractivity contribution is 0.158. The summed E-state index contributed by atoms with van der Waals surface area (Å²) in [6.45, 7) is 7.18. The first-order valence-corrected chi connectivity index (χ1v) is 12.8. The SMILES string of the molecule is CC[C@@H](c1nnnn1C1CCCC1)N(Cc1ccc(F)cc1)Cc1cc2c(C)cc(C)cc2[nH]c1=O. The van der Waals surface area contributed by atoms with Crippen LogP contribution in [-0.4, -0.2) is 30.1 Å². The molecule has 4 aromatic rings. The summed E-state index contributed by atoms with van der Waals surface area (Å²) in [5, 5.41) is 13.9. The zero-order valence-corrected chi connectivity index (χ0v) is 21.2. The molecule has 7 nitrogen and oxygen atoms in total. The Morgan fingerprint density at radius 3 is 2.58 bits per heavy atom. The number of H-pyrrole nitrogens is 1. The molecule has 0 unspecified atom stereocenters. The summed E-state index contributed by atoms with van der Waals surface area (Å²) in [6.07, 6.45) is 5.31. The molecule has 0 amide bonds. The summed E-state index contributed by atoms with van der Waals surface area (Å²) in [6, 6.07) is 12.9. The second kappa shape index (κ2) is 10.3. The van der Waals surface area contributed by atoms with Gasteiger partial charge in [0.1, 0.15) is 5.82 Å². The van der Waals surface area contributed by atoms with Gasteiger partial charge < -0.3 is 4.98 Å². The van der Waals surface area contributed by atoms with Gasteiger partial charge in [-0.05, 0) is 84.5 Å². The highest BCUT2D eigenvalue weighted by Crippen LogP contribution is 2.33. The number of pyridine rings is 1. The molecule has 5 rings (SSSR count). The van der Waals surface area contributed by atoms with Gasteiger partial charge in [-0.15, -0.1) is 5.10 Å². The molecule has 0 spiro atoms. The minimum atomic E-state index is -0.265. The van der Waals surface area contributed by atoms with Crippen molar-refractivity contribution < 1.29 is 4.39 Å². The Morgan fingerprint density at radius 1 is 1.11 bits per heavy atom. The van der Waals surface area contributed by atoms with Gasteiger partial charge in [0.2, 0.25) is 0 Å². The predicted octanol–water partition coefficient (Wildman–Crippen LogP) is 5.54. The van der Waals surface area contributed by atoms with Crippen molar-refractivity contribution in [2.75, 3.05) is 0 Å². The van der Waals surface area contributed by atoms with Gasteiger partial charge in [0.15, 0.2) is 5.82 Å². The maximum absolute atomic E-state index is 13.6. The smallest absolute Gasteiger partial charge is 0.252 e. The lowest BCUT2D eigenvalue weighted by atomic mass is 10.0. The highest BCUT2D eigenvalue weighted by atomic mass is 19.1. The molecule has 1 saturated carbocycles. The Labute approximate surface area is 210 Å². The van der Waals surface area contributed by atoms with Crippen molar-refractivity contribution >= 4 is 10.9 Å². The van der Waals surface area contributed by atoms with E-state index in [9.17, 15) is 9.18 Å². The molecule has 1 N–H and O–H groups in total. The normalized spacial score (nSPS) is 15.2. The van der Waals surface area contributed by atoms with E-state index in [2.05, 4.69) is 45.3 Å². The highest BCUT2D eigenvalue weighted by Gasteiger charge is 2.29. The molecule has 1 fully saturated rings. The first kappa shape index (κ1) is 24.3. The van der Waals surface area contributed by atoms with Gasteiger partial charge in [-0.2, -0.15) is 0 Å². The topological polar surface area (TPSA) is 79.7 Å². The van der Waals surface area contributed by atoms with E-state index in [0.29, 0.717) is 24.7 Å². The number of halogens is 1. The number of rotatable bonds is 8. The molecule has 0 radical (unpaired) electrons. The van der Waals surface area contributed by atoms with Crippen LogP contribution in [0.5, 0.6) is 0 Å². The number of aromatic amines is 1. The summed E-state index contributed by atoms with van der Waals surface area (Å²) in [5.41, 5.74) is 4.66. The number of nitrogens with one attached hydrogen (secondary N) is 1. The van der Waals surface area contributed by atoms with Crippen LogP contribution in [0.4, 0.5) is 4.39 Å². The summed E-state index contributed by atoms with van der Waals surface area (Å²) in [7, 11) is 0. The fraction of sp³-hybridized carbons (Fsp3) is 0.429. The molecule has 0 bridgehead atoms. The summed E-state index contributed by atoms with van der Waals surface area (Å²) < 4.78 is 15.6. The number of aromatic nitrogens is 5. The minimum Gasteiger partial charge on any atom is -0.322 e. The average Bonchev–Trinajstić information content (AvgIpc) is 3.54. The first-order chi connectivity index (χ1) is 17.4. The number of fused-ring (bicyclic) bond motifs is 1. The van der Waals surface area contributed by atoms with Crippen molar-refractivity contribution in [2.45, 2.75) is 78.0 Å². The fourth-order valence-corrected chi connectivity index (χ4v) is 5.59. The zero-order chi connectivity index (χ0) is 25.2. The van der Waals surface area contributed by atoms with E-state index in [0.717, 1.165) is 52.7 Å². The Balaban J connectivity index is 1.55. The fourth-order valence-electron chi connectivity index (χ4n) is 5.59. The molecule has 1 atom stereocenters. The van der Waals surface area contributed by atoms with Gasteiger partial charge in [-0.25, -0.2) is 9.07 Å². The standard InChI is InChI=1S/C28H33FN6O/c1-4-26(27-31-32-33-35(27)23-7-5-6-8-23)34(16-20-9-11-22(29)12-10-20)17-21-15-24-19(3)13-18(2)14-25(24)30-28(21)36/h9-15,23,26H,4-8,16-17H2,1-3H3,(H,30,36)/t26-/m0/s1. The maximum Gasteiger partial charge on any atom is 0.252 e. The Hall–Kier alpha value is -3.39. The molecular formula is C28H33FN6O. The van der Waals surface area contributed by atoms with E-state index in [4.69, 9.17) is 0 Å². The summed E-state index contributed by atoms with van der Waals surface area (Å²) >= 11 is 0. The van der Waals surface area contributed by atoms with Crippen molar-refractivity contribution in [3.63, 3.8) is 0 Å². The third-order valence-electron chi connectivity index (χ3n) is 7.38. The lowest BCUT2D eigenvalue weighted by Gasteiger charge is -2.31. The van der Waals surface area contributed by atoms with Crippen molar-refractivity contribution in [3.05, 3.63) is 86.7 Å². The van der Waals surface area contributed by atoms with Crippen LogP contribution < -0.4 is 5.56 Å². The number of hydrogen-bond acceptors (Lipinski definition) is 5. The molecule has 36 heavy (non-hydrogen) atoms. The summed E-state index contributed by atoms with van der Waals surface area (Å²) in [4.78, 5) is 18.5. The highest BCUT2D eigenvalue weighted by molar-refractivity contribution is 5.83. The first-order valence-electron chi connectivity index (χ1n) is 12.8. The van der Waals surface area contributed by atoms with Crippen LogP contribution in [0.25, 0.3) is 10.9 Å². The third-order valence-corrected chi connectivity index (χ3v) is 7.38. The maximum atomic E-state index is 13.6. The van der Waals surface area contributed by atoms with Gasteiger partial charge >= 0.3 is 0 Å². The second-order valence-electron chi connectivity index (χ2n) is 10.0. The van der Waals surface area contributed by atoms with Crippen LogP contribution in [0.3, 0.4) is 0 Å². The predicted molar refractivity (Wildman–Crippen MR) is 138 cm³/mol. The molecule has 1 aliphatic rings. The molecule has 8 heteroatoms. The average molecular weight is 489 g/mol. The van der Waals surface area contributed by atoms with Gasteiger partial charge in [0.05, 0.1) is 12.1 Å². The van der Waals surface area contributed by atoms with E-state index in [-0.39, 0.29) is 17.4 Å². The Morgan fingerprint density at radius 2 is 1.86 bits per heavy atom.